The molecule has 1 aromatic rings. The zero-order chi connectivity index (χ0) is 16.9. The quantitative estimate of drug-likeness (QED) is 0.901. The predicted molar refractivity (Wildman–Crippen MR) is 76.9 cm³/mol. The van der Waals surface area contributed by atoms with E-state index in [0.717, 1.165) is 19.3 Å². The van der Waals surface area contributed by atoms with Gasteiger partial charge in [-0.3, -0.25) is 4.79 Å². The molecule has 1 aromatic heterocycles. The lowest BCUT2D eigenvalue weighted by molar-refractivity contribution is -0.193. The second-order valence-electron chi connectivity index (χ2n) is 5.76. The number of rotatable bonds is 5. The van der Waals surface area contributed by atoms with Gasteiger partial charge in [-0.05, 0) is 25.8 Å². The first-order valence-electron chi connectivity index (χ1n) is 7.60. The van der Waals surface area contributed by atoms with Crippen LogP contribution in [-0.4, -0.2) is 41.3 Å². The van der Waals surface area contributed by atoms with E-state index in [2.05, 4.69) is 15.3 Å². The molecule has 0 spiro atoms. The van der Waals surface area contributed by atoms with Gasteiger partial charge < -0.3 is 10.1 Å². The fourth-order valence-corrected chi connectivity index (χ4v) is 2.72. The summed E-state index contributed by atoms with van der Waals surface area (Å²) in [5.41, 5.74) is 0.926. The molecule has 1 heterocycles. The molecule has 0 aliphatic heterocycles. The van der Waals surface area contributed by atoms with E-state index in [1.165, 1.54) is 6.33 Å². The van der Waals surface area contributed by atoms with Crippen LogP contribution in [0.2, 0.25) is 0 Å². The summed E-state index contributed by atoms with van der Waals surface area (Å²) in [5, 5.41) is 2.73. The molecule has 128 valence electrons. The first-order chi connectivity index (χ1) is 10.8. The van der Waals surface area contributed by atoms with E-state index in [-0.39, 0.29) is 24.1 Å². The van der Waals surface area contributed by atoms with Gasteiger partial charge in [-0.1, -0.05) is 12.8 Å². The van der Waals surface area contributed by atoms with Crippen molar-refractivity contribution in [1.82, 2.24) is 15.3 Å². The SMILES string of the molecule is Cc1cc(C(=O)NCC2CCCCC2OCC(F)(F)F)ncn1. The number of hydrogen-bond acceptors (Lipinski definition) is 4. The number of carbonyl (C=O) groups is 1. The van der Waals surface area contributed by atoms with Crippen LogP contribution in [0.5, 0.6) is 0 Å². The Bertz CT molecular complexity index is 537. The maximum Gasteiger partial charge on any atom is 0.411 e. The van der Waals surface area contributed by atoms with Crippen molar-refractivity contribution in [3.05, 3.63) is 23.8 Å². The first-order valence-corrected chi connectivity index (χ1v) is 7.60. The van der Waals surface area contributed by atoms with Crippen LogP contribution in [0.4, 0.5) is 13.2 Å². The number of nitrogens with one attached hydrogen (secondary N) is 1. The van der Waals surface area contributed by atoms with Gasteiger partial charge in [-0.25, -0.2) is 9.97 Å². The molecule has 1 aliphatic carbocycles. The molecule has 2 unspecified atom stereocenters. The molecule has 1 amide bonds. The van der Waals surface area contributed by atoms with Crippen LogP contribution in [0.1, 0.15) is 41.9 Å². The zero-order valence-electron chi connectivity index (χ0n) is 12.9. The van der Waals surface area contributed by atoms with Gasteiger partial charge in [0.2, 0.25) is 0 Å². The average molecular weight is 331 g/mol. The maximum atomic E-state index is 12.3. The van der Waals surface area contributed by atoms with Crippen LogP contribution in [0.25, 0.3) is 0 Å². The molecule has 0 radical (unpaired) electrons. The largest absolute Gasteiger partial charge is 0.411 e. The molecule has 8 heteroatoms. The van der Waals surface area contributed by atoms with Gasteiger partial charge in [0.1, 0.15) is 18.6 Å². The fourth-order valence-electron chi connectivity index (χ4n) is 2.72. The summed E-state index contributed by atoms with van der Waals surface area (Å²) in [7, 11) is 0. The molecule has 1 N–H and O–H groups in total. The number of halogens is 3. The number of amides is 1. The summed E-state index contributed by atoms with van der Waals surface area (Å²) in [6.07, 6.45) is -0.395. The van der Waals surface area contributed by atoms with E-state index < -0.39 is 18.9 Å². The minimum Gasteiger partial charge on any atom is -0.368 e. The summed E-state index contributed by atoms with van der Waals surface area (Å²) in [5.74, 6) is -0.464. The average Bonchev–Trinajstić information content (AvgIpc) is 2.50. The molecule has 0 aromatic carbocycles. The lowest BCUT2D eigenvalue weighted by atomic mass is 9.86. The molecule has 2 rings (SSSR count). The summed E-state index contributed by atoms with van der Waals surface area (Å²) >= 11 is 0. The highest BCUT2D eigenvalue weighted by atomic mass is 19.4. The van der Waals surface area contributed by atoms with E-state index in [1.54, 1.807) is 13.0 Å². The van der Waals surface area contributed by atoms with Crippen molar-refractivity contribution in [2.24, 2.45) is 5.92 Å². The number of aromatic nitrogens is 2. The number of hydrogen-bond donors (Lipinski definition) is 1. The third kappa shape index (κ3) is 5.78. The van der Waals surface area contributed by atoms with Crippen LogP contribution < -0.4 is 5.32 Å². The van der Waals surface area contributed by atoms with Gasteiger partial charge in [0.25, 0.3) is 5.91 Å². The molecular weight excluding hydrogens is 311 g/mol. The van der Waals surface area contributed by atoms with Crippen molar-refractivity contribution in [3.8, 4) is 0 Å². The second-order valence-corrected chi connectivity index (χ2v) is 5.76. The number of alkyl halides is 3. The van der Waals surface area contributed by atoms with Gasteiger partial charge in [0.15, 0.2) is 0 Å². The van der Waals surface area contributed by atoms with Gasteiger partial charge >= 0.3 is 6.18 Å². The Morgan fingerprint density at radius 1 is 1.35 bits per heavy atom. The van der Waals surface area contributed by atoms with Crippen LogP contribution in [0.3, 0.4) is 0 Å². The molecular formula is C15H20F3N3O2. The van der Waals surface area contributed by atoms with E-state index in [9.17, 15) is 18.0 Å². The third-order valence-corrected chi connectivity index (χ3v) is 3.86. The van der Waals surface area contributed by atoms with Gasteiger partial charge in [-0.2, -0.15) is 13.2 Å². The Hall–Kier alpha value is -1.70. The fraction of sp³-hybridized carbons (Fsp3) is 0.667. The summed E-state index contributed by atoms with van der Waals surface area (Å²) in [4.78, 5) is 19.8. The third-order valence-electron chi connectivity index (χ3n) is 3.86. The molecule has 1 fully saturated rings. The predicted octanol–water partition coefficient (Wildman–Crippen LogP) is 2.65. The molecule has 23 heavy (non-hydrogen) atoms. The Labute approximate surface area is 132 Å². The molecule has 0 bridgehead atoms. The summed E-state index contributed by atoms with van der Waals surface area (Å²) in [6.45, 7) is 0.790. The number of carbonyl (C=O) groups excluding carboxylic acids is 1. The standard InChI is InChI=1S/C15H20F3N3O2/c1-10-6-12(21-9-20-10)14(22)19-7-11-4-2-3-5-13(11)23-8-15(16,17)18/h6,9,11,13H,2-5,7-8H2,1H3,(H,19,22). The molecule has 5 nitrogen and oxygen atoms in total. The molecule has 1 saturated carbocycles. The Kier molecular flexibility index (Phi) is 5.92. The highest BCUT2D eigenvalue weighted by Gasteiger charge is 2.33. The van der Waals surface area contributed by atoms with E-state index in [4.69, 9.17) is 4.74 Å². The van der Waals surface area contributed by atoms with Crippen LogP contribution >= 0.6 is 0 Å². The number of nitrogens with zero attached hydrogens (tertiary/aromatic N) is 2. The van der Waals surface area contributed by atoms with Crippen molar-refractivity contribution in [3.63, 3.8) is 0 Å². The Balaban J connectivity index is 1.87. The highest BCUT2D eigenvalue weighted by molar-refractivity contribution is 5.92. The van der Waals surface area contributed by atoms with Crippen LogP contribution in [0.15, 0.2) is 12.4 Å². The summed E-state index contributed by atoms with van der Waals surface area (Å²) < 4.78 is 41.9. The second kappa shape index (κ2) is 7.72. The Morgan fingerprint density at radius 2 is 2.09 bits per heavy atom. The molecule has 1 aliphatic rings. The maximum absolute atomic E-state index is 12.3. The molecule has 0 saturated heterocycles. The van der Waals surface area contributed by atoms with Crippen LogP contribution in [-0.2, 0) is 4.74 Å². The zero-order valence-corrected chi connectivity index (χ0v) is 12.9. The number of aryl methyl sites for hydroxylation is 1. The van der Waals surface area contributed by atoms with E-state index >= 15 is 0 Å². The lowest BCUT2D eigenvalue weighted by Crippen LogP contribution is -2.39. The smallest absolute Gasteiger partial charge is 0.368 e. The van der Waals surface area contributed by atoms with Crippen molar-refractivity contribution in [2.45, 2.75) is 44.9 Å². The van der Waals surface area contributed by atoms with Crippen molar-refractivity contribution >= 4 is 5.91 Å². The van der Waals surface area contributed by atoms with Gasteiger partial charge in [0, 0.05) is 18.2 Å². The van der Waals surface area contributed by atoms with E-state index in [0.29, 0.717) is 12.1 Å². The van der Waals surface area contributed by atoms with Gasteiger partial charge in [0.05, 0.1) is 6.10 Å². The topological polar surface area (TPSA) is 64.1 Å². The monoisotopic (exact) mass is 331 g/mol. The minimum absolute atomic E-state index is 0.113. The molecule has 2 atom stereocenters. The minimum atomic E-state index is -4.33. The van der Waals surface area contributed by atoms with Crippen molar-refractivity contribution in [1.29, 1.82) is 0 Å². The first kappa shape index (κ1) is 17.7. The highest BCUT2D eigenvalue weighted by Crippen LogP contribution is 2.28. The lowest BCUT2D eigenvalue weighted by Gasteiger charge is -2.31. The van der Waals surface area contributed by atoms with Crippen LogP contribution in [0, 0.1) is 12.8 Å². The van der Waals surface area contributed by atoms with E-state index in [1.807, 2.05) is 0 Å². The van der Waals surface area contributed by atoms with Crippen molar-refractivity contribution in [2.75, 3.05) is 13.2 Å². The number of ether oxygens (including phenoxy) is 1. The van der Waals surface area contributed by atoms with Gasteiger partial charge in [-0.15, -0.1) is 0 Å². The van der Waals surface area contributed by atoms with Crippen molar-refractivity contribution < 1.29 is 22.7 Å². The Morgan fingerprint density at radius 3 is 2.78 bits per heavy atom. The summed E-state index contributed by atoms with van der Waals surface area (Å²) in [6, 6.07) is 1.56. The normalized spacial score (nSPS) is 21.9.